The molecule has 0 aromatic carbocycles. The molecule has 0 spiro atoms. The Balaban J connectivity index is 1.91. The van der Waals surface area contributed by atoms with Crippen LogP contribution in [0.15, 0.2) is 0 Å². The summed E-state index contributed by atoms with van der Waals surface area (Å²) in [4.78, 5) is 0. The molecule has 1 heterocycles. The first-order valence-electron chi connectivity index (χ1n) is 4.53. The molecule has 3 unspecified atom stereocenters. The van der Waals surface area contributed by atoms with Gasteiger partial charge in [0, 0.05) is 14.2 Å². The van der Waals surface area contributed by atoms with Crippen LogP contribution in [0.3, 0.4) is 0 Å². The Kier molecular flexibility index (Phi) is 4.66. The molecule has 0 aliphatic carbocycles. The van der Waals surface area contributed by atoms with Gasteiger partial charge in [-0.15, -0.1) is 0 Å². The number of rotatable bonds is 7. The summed E-state index contributed by atoms with van der Waals surface area (Å²) < 4.78 is 20.6. The van der Waals surface area contributed by atoms with Crippen molar-refractivity contribution in [3.63, 3.8) is 0 Å². The lowest BCUT2D eigenvalue weighted by Crippen LogP contribution is -2.17. The quantitative estimate of drug-likeness (QED) is 0.546. The standard InChI is InChI=1S/C9H18O4/c1-7(11-3)4-12-6-9-8(13-9)5-10-2/h7-9H,4-6H2,1-3H3. The van der Waals surface area contributed by atoms with Gasteiger partial charge < -0.3 is 18.9 Å². The first-order valence-corrected chi connectivity index (χ1v) is 4.53. The van der Waals surface area contributed by atoms with E-state index in [-0.39, 0.29) is 18.3 Å². The summed E-state index contributed by atoms with van der Waals surface area (Å²) >= 11 is 0. The van der Waals surface area contributed by atoms with Gasteiger partial charge in [-0.1, -0.05) is 0 Å². The minimum absolute atomic E-state index is 0.152. The topological polar surface area (TPSA) is 40.2 Å². The lowest BCUT2D eigenvalue weighted by molar-refractivity contribution is 0.0137. The van der Waals surface area contributed by atoms with Crippen LogP contribution in [0.5, 0.6) is 0 Å². The van der Waals surface area contributed by atoms with Gasteiger partial charge in [0.05, 0.1) is 25.9 Å². The average Bonchev–Trinajstić information content (AvgIpc) is 2.84. The molecule has 1 aliphatic heterocycles. The molecule has 0 aromatic rings. The van der Waals surface area contributed by atoms with E-state index in [1.54, 1.807) is 14.2 Å². The van der Waals surface area contributed by atoms with E-state index in [0.717, 1.165) is 0 Å². The average molecular weight is 190 g/mol. The monoisotopic (exact) mass is 190 g/mol. The Morgan fingerprint density at radius 2 is 1.92 bits per heavy atom. The van der Waals surface area contributed by atoms with Crippen LogP contribution in [0.4, 0.5) is 0 Å². The minimum Gasteiger partial charge on any atom is -0.382 e. The van der Waals surface area contributed by atoms with Crippen molar-refractivity contribution in [1.82, 2.24) is 0 Å². The van der Waals surface area contributed by atoms with E-state index in [0.29, 0.717) is 19.8 Å². The molecule has 0 aromatic heterocycles. The van der Waals surface area contributed by atoms with Crippen molar-refractivity contribution in [1.29, 1.82) is 0 Å². The lowest BCUT2D eigenvalue weighted by Gasteiger charge is -2.08. The van der Waals surface area contributed by atoms with Crippen LogP contribution in [0, 0.1) is 0 Å². The zero-order valence-electron chi connectivity index (χ0n) is 8.49. The molecule has 0 saturated carbocycles. The van der Waals surface area contributed by atoms with E-state index >= 15 is 0 Å². The highest BCUT2D eigenvalue weighted by Gasteiger charge is 2.38. The van der Waals surface area contributed by atoms with Gasteiger partial charge in [-0.3, -0.25) is 0 Å². The van der Waals surface area contributed by atoms with Gasteiger partial charge in [0.25, 0.3) is 0 Å². The molecule has 1 fully saturated rings. The minimum atomic E-state index is 0.152. The van der Waals surface area contributed by atoms with E-state index in [2.05, 4.69) is 0 Å². The second-order valence-electron chi connectivity index (χ2n) is 3.25. The van der Waals surface area contributed by atoms with Crippen molar-refractivity contribution in [2.75, 3.05) is 34.0 Å². The number of hydrogen-bond acceptors (Lipinski definition) is 4. The number of ether oxygens (including phenoxy) is 4. The summed E-state index contributed by atoms with van der Waals surface area (Å²) in [6.45, 7) is 3.89. The molecular weight excluding hydrogens is 172 g/mol. The molecule has 0 bridgehead atoms. The third kappa shape index (κ3) is 4.04. The first-order chi connectivity index (χ1) is 6.27. The predicted molar refractivity (Wildman–Crippen MR) is 47.8 cm³/mol. The molecular formula is C9H18O4. The molecule has 1 saturated heterocycles. The molecule has 4 heteroatoms. The lowest BCUT2D eigenvalue weighted by atomic mass is 10.3. The zero-order chi connectivity index (χ0) is 9.68. The van der Waals surface area contributed by atoms with E-state index < -0.39 is 0 Å². The fraction of sp³-hybridized carbons (Fsp3) is 1.00. The van der Waals surface area contributed by atoms with Crippen molar-refractivity contribution in [3.8, 4) is 0 Å². The second kappa shape index (κ2) is 5.54. The Hall–Kier alpha value is -0.160. The SMILES string of the molecule is COCC1OC1COCC(C)OC. The third-order valence-corrected chi connectivity index (χ3v) is 2.06. The van der Waals surface area contributed by atoms with Crippen LogP contribution in [-0.4, -0.2) is 52.4 Å². The Bertz CT molecular complexity index is 140. The third-order valence-electron chi connectivity index (χ3n) is 2.06. The van der Waals surface area contributed by atoms with E-state index in [9.17, 15) is 0 Å². The van der Waals surface area contributed by atoms with E-state index in [1.807, 2.05) is 6.92 Å². The van der Waals surface area contributed by atoms with Gasteiger partial charge in [0.2, 0.25) is 0 Å². The van der Waals surface area contributed by atoms with Gasteiger partial charge in [-0.2, -0.15) is 0 Å². The van der Waals surface area contributed by atoms with Crippen molar-refractivity contribution in [2.45, 2.75) is 25.2 Å². The maximum atomic E-state index is 5.38. The Morgan fingerprint density at radius 1 is 1.23 bits per heavy atom. The smallest absolute Gasteiger partial charge is 0.110 e. The van der Waals surface area contributed by atoms with Crippen LogP contribution in [0.1, 0.15) is 6.92 Å². The van der Waals surface area contributed by atoms with E-state index in [4.69, 9.17) is 18.9 Å². The molecule has 3 atom stereocenters. The van der Waals surface area contributed by atoms with Crippen LogP contribution >= 0.6 is 0 Å². The predicted octanol–water partition coefficient (Wildman–Crippen LogP) is 0.452. The molecule has 1 rings (SSSR count). The summed E-state index contributed by atoms with van der Waals surface area (Å²) in [5.74, 6) is 0. The highest BCUT2D eigenvalue weighted by Crippen LogP contribution is 2.22. The molecule has 0 radical (unpaired) electrons. The molecule has 1 aliphatic rings. The summed E-state index contributed by atoms with van der Waals surface area (Å²) in [6, 6.07) is 0. The Morgan fingerprint density at radius 3 is 2.54 bits per heavy atom. The van der Waals surface area contributed by atoms with Crippen LogP contribution in [-0.2, 0) is 18.9 Å². The van der Waals surface area contributed by atoms with Gasteiger partial charge in [-0.05, 0) is 6.92 Å². The number of epoxide rings is 1. The normalized spacial score (nSPS) is 28.8. The van der Waals surface area contributed by atoms with Crippen molar-refractivity contribution >= 4 is 0 Å². The van der Waals surface area contributed by atoms with Crippen molar-refractivity contribution in [3.05, 3.63) is 0 Å². The zero-order valence-corrected chi connectivity index (χ0v) is 8.49. The summed E-state index contributed by atoms with van der Waals surface area (Å²) in [5.41, 5.74) is 0. The molecule has 4 nitrogen and oxygen atoms in total. The first kappa shape index (κ1) is 10.9. The maximum Gasteiger partial charge on any atom is 0.110 e. The van der Waals surface area contributed by atoms with E-state index in [1.165, 1.54) is 0 Å². The van der Waals surface area contributed by atoms with Gasteiger partial charge >= 0.3 is 0 Å². The highest BCUT2D eigenvalue weighted by molar-refractivity contribution is 4.84. The van der Waals surface area contributed by atoms with Gasteiger partial charge in [0.15, 0.2) is 0 Å². The largest absolute Gasteiger partial charge is 0.382 e. The molecule has 13 heavy (non-hydrogen) atoms. The second-order valence-corrected chi connectivity index (χ2v) is 3.25. The van der Waals surface area contributed by atoms with Gasteiger partial charge in [0.1, 0.15) is 12.2 Å². The summed E-state index contributed by atoms with van der Waals surface area (Å²) in [5, 5.41) is 0. The maximum absolute atomic E-state index is 5.38. The van der Waals surface area contributed by atoms with Crippen molar-refractivity contribution in [2.24, 2.45) is 0 Å². The number of hydrogen-bond donors (Lipinski definition) is 0. The van der Waals surface area contributed by atoms with Crippen LogP contribution < -0.4 is 0 Å². The summed E-state index contributed by atoms with van der Waals surface area (Å²) in [6.07, 6.45) is 0.617. The van der Waals surface area contributed by atoms with Gasteiger partial charge in [-0.25, -0.2) is 0 Å². The fourth-order valence-corrected chi connectivity index (χ4v) is 1.05. The molecule has 0 amide bonds. The summed E-state index contributed by atoms with van der Waals surface area (Å²) in [7, 11) is 3.35. The molecule has 0 N–H and O–H groups in total. The highest BCUT2D eigenvalue weighted by atomic mass is 16.6. The fourth-order valence-electron chi connectivity index (χ4n) is 1.05. The Labute approximate surface area is 79.1 Å². The number of methoxy groups -OCH3 is 2. The molecule has 78 valence electrons. The van der Waals surface area contributed by atoms with Crippen LogP contribution in [0.25, 0.3) is 0 Å². The van der Waals surface area contributed by atoms with Crippen LogP contribution in [0.2, 0.25) is 0 Å². The van der Waals surface area contributed by atoms with Crippen molar-refractivity contribution < 1.29 is 18.9 Å².